The number of aromatic nitrogens is 1. The van der Waals surface area contributed by atoms with Gasteiger partial charge in [-0.3, -0.25) is 4.79 Å². The highest BCUT2D eigenvalue weighted by Crippen LogP contribution is 2.29. The van der Waals surface area contributed by atoms with Crippen LogP contribution in [0.1, 0.15) is 16.8 Å². The number of amides is 1. The molecule has 1 aromatic carbocycles. The van der Waals surface area contributed by atoms with E-state index in [1.54, 1.807) is 6.07 Å². The number of alkyl halides is 4. The van der Waals surface area contributed by atoms with Gasteiger partial charge in [-0.05, 0) is 52.7 Å². The molecular formula is C17H14BrClF3N3O2. The molecule has 27 heavy (non-hydrogen) atoms. The van der Waals surface area contributed by atoms with E-state index in [4.69, 9.17) is 11.6 Å². The second-order valence-corrected chi connectivity index (χ2v) is 7.18. The number of nitrogens with one attached hydrogen (secondary N) is 1. The molecule has 0 unspecified atom stereocenters. The quantitative estimate of drug-likeness (QED) is 0.645. The average molecular weight is 465 g/mol. The number of benzene rings is 1. The highest BCUT2D eigenvalue weighted by molar-refractivity contribution is 9.10. The molecule has 2 heterocycles. The molecule has 0 saturated carbocycles. The Kier molecular flexibility index (Phi) is 5.81. The van der Waals surface area contributed by atoms with Crippen molar-refractivity contribution in [3.63, 3.8) is 0 Å². The lowest BCUT2D eigenvalue weighted by Gasteiger charge is -2.18. The van der Waals surface area contributed by atoms with Crippen molar-refractivity contribution in [2.75, 3.05) is 23.3 Å². The second kappa shape index (κ2) is 7.93. The third-order valence-corrected chi connectivity index (χ3v) is 4.52. The molecule has 1 aliphatic rings. The third kappa shape index (κ3) is 5.26. The molecule has 1 atom stereocenters. The molecule has 0 bridgehead atoms. The van der Waals surface area contributed by atoms with Crippen molar-refractivity contribution < 1.29 is 22.7 Å². The first kappa shape index (κ1) is 19.8. The molecule has 144 valence electrons. The molecule has 2 aromatic rings. The van der Waals surface area contributed by atoms with Crippen LogP contribution in [0.4, 0.5) is 24.7 Å². The van der Waals surface area contributed by atoms with E-state index in [2.05, 4.69) is 31.0 Å². The molecule has 0 radical (unpaired) electrons. The molecule has 10 heteroatoms. The Labute approximate surface area is 166 Å². The zero-order chi connectivity index (χ0) is 19.6. The van der Waals surface area contributed by atoms with Gasteiger partial charge in [0.05, 0.1) is 16.6 Å². The molecule has 1 aliphatic heterocycles. The summed E-state index contributed by atoms with van der Waals surface area (Å²) in [4.78, 5) is 18.4. The lowest BCUT2D eigenvalue weighted by Crippen LogP contribution is -2.22. The van der Waals surface area contributed by atoms with Gasteiger partial charge in [0.15, 0.2) is 0 Å². The normalized spacial score (nSPS) is 17.1. The predicted octanol–water partition coefficient (Wildman–Crippen LogP) is 4.81. The van der Waals surface area contributed by atoms with Crippen molar-refractivity contribution in [1.82, 2.24) is 4.98 Å². The maximum atomic E-state index is 13.4. The van der Waals surface area contributed by atoms with Gasteiger partial charge in [0.1, 0.15) is 17.7 Å². The summed E-state index contributed by atoms with van der Waals surface area (Å²) in [5.74, 6) is 0.00429. The van der Waals surface area contributed by atoms with Gasteiger partial charge >= 0.3 is 5.57 Å². The summed E-state index contributed by atoms with van der Waals surface area (Å²) in [6, 6.07) is 6.90. The van der Waals surface area contributed by atoms with Crippen LogP contribution in [0.15, 0.2) is 41.0 Å². The van der Waals surface area contributed by atoms with Crippen LogP contribution in [-0.4, -0.2) is 35.7 Å². The summed E-state index contributed by atoms with van der Waals surface area (Å²) in [7, 11) is 0. The van der Waals surface area contributed by atoms with Gasteiger partial charge in [0, 0.05) is 30.0 Å². The number of anilines is 2. The van der Waals surface area contributed by atoms with Gasteiger partial charge in [0.25, 0.3) is 5.91 Å². The number of carbonyl (C=O) groups excluding carboxylic acids is 1. The van der Waals surface area contributed by atoms with Crippen LogP contribution in [-0.2, 0) is 0 Å². The van der Waals surface area contributed by atoms with E-state index in [0.717, 1.165) is 0 Å². The number of hydrogen-bond donors (Lipinski definition) is 1. The minimum atomic E-state index is -3.80. The fourth-order valence-electron chi connectivity index (χ4n) is 2.64. The Balaban J connectivity index is 1.66. The van der Waals surface area contributed by atoms with Gasteiger partial charge in [0.2, 0.25) is 0 Å². The maximum absolute atomic E-state index is 13.4. The van der Waals surface area contributed by atoms with Crippen LogP contribution in [0, 0.1) is 0 Å². The number of carbonyl (C=O) groups is 1. The molecule has 3 rings (SSSR count). The molecule has 0 aliphatic carbocycles. The first-order valence-electron chi connectivity index (χ1n) is 7.93. The lowest BCUT2D eigenvalue weighted by atomic mass is 10.2. The Hall–Kier alpha value is -2.00. The fourth-order valence-corrected chi connectivity index (χ4v) is 3.33. The number of pyridine rings is 1. The summed E-state index contributed by atoms with van der Waals surface area (Å²) in [6.07, 6.45) is 0.963. The van der Waals surface area contributed by atoms with E-state index >= 15 is 0 Å². The molecule has 1 aromatic heterocycles. The van der Waals surface area contributed by atoms with Crippen molar-refractivity contribution in [2.24, 2.45) is 0 Å². The number of rotatable bonds is 5. The van der Waals surface area contributed by atoms with Crippen LogP contribution in [0.2, 0.25) is 0 Å². The number of ether oxygens (including phenoxy) is 1. The average Bonchev–Trinajstić information content (AvgIpc) is 3.01. The standard InChI is InChI=1S/C17H14BrClF3N3O2/c18-14-7-10(8-23-15(14)25-6-5-11(20)9-25)16(26)24-12-1-3-13(4-2-12)27-17(19,21)22/h1-4,7-8,11H,5-6,9H2,(H,24,26)/t11-/m1/s1. The van der Waals surface area contributed by atoms with Gasteiger partial charge in [-0.1, -0.05) is 0 Å². The van der Waals surface area contributed by atoms with Crippen LogP contribution < -0.4 is 15.0 Å². The first-order chi connectivity index (χ1) is 12.7. The SMILES string of the molecule is O=C(Nc1ccc(OC(F)(F)Cl)cc1)c1cnc(N2CC[C@@H](F)C2)c(Br)c1. The van der Waals surface area contributed by atoms with E-state index in [1.807, 2.05) is 4.90 Å². The largest absolute Gasteiger partial charge is 0.487 e. The zero-order valence-electron chi connectivity index (χ0n) is 13.8. The summed E-state index contributed by atoms with van der Waals surface area (Å²) >= 11 is 8.06. The minimum Gasteiger partial charge on any atom is -0.420 e. The molecule has 1 N–H and O–H groups in total. The molecule has 1 saturated heterocycles. The van der Waals surface area contributed by atoms with E-state index < -0.39 is 17.6 Å². The lowest BCUT2D eigenvalue weighted by molar-refractivity contribution is -0.0964. The summed E-state index contributed by atoms with van der Waals surface area (Å²) in [5.41, 5.74) is -3.14. The van der Waals surface area contributed by atoms with E-state index in [9.17, 15) is 18.0 Å². The van der Waals surface area contributed by atoms with Crippen molar-refractivity contribution in [3.05, 3.63) is 46.6 Å². The zero-order valence-corrected chi connectivity index (χ0v) is 16.1. The Morgan fingerprint density at radius 2 is 2.07 bits per heavy atom. The van der Waals surface area contributed by atoms with E-state index in [-0.39, 0.29) is 17.9 Å². The predicted molar refractivity (Wildman–Crippen MR) is 99.5 cm³/mol. The maximum Gasteiger partial charge on any atom is 0.487 e. The molecule has 1 fully saturated rings. The summed E-state index contributed by atoms with van der Waals surface area (Å²) < 4.78 is 43.3. The number of hydrogen-bond acceptors (Lipinski definition) is 4. The van der Waals surface area contributed by atoms with Gasteiger partial charge in [-0.2, -0.15) is 0 Å². The second-order valence-electron chi connectivity index (χ2n) is 5.89. The fraction of sp³-hybridized carbons (Fsp3) is 0.294. The van der Waals surface area contributed by atoms with Gasteiger partial charge in [-0.25, -0.2) is 9.37 Å². The number of nitrogens with zero attached hydrogens (tertiary/aromatic N) is 2. The number of halogens is 5. The van der Waals surface area contributed by atoms with Gasteiger partial charge < -0.3 is 15.0 Å². The summed E-state index contributed by atoms with van der Waals surface area (Å²) in [5, 5.41) is 2.62. The highest BCUT2D eigenvalue weighted by atomic mass is 79.9. The van der Waals surface area contributed by atoms with E-state index in [0.29, 0.717) is 28.9 Å². The highest BCUT2D eigenvalue weighted by Gasteiger charge is 2.27. The molecule has 1 amide bonds. The summed E-state index contributed by atoms with van der Waals surface area (Å²) in [6.45, 7) is 0.834. The van der Waals surface area contributed by atoms with E-state index in [1.165, 1.54) is 30.5 Å². The van der Waals surface area contributed by atoms with Crippen molar-refractivity contribution >= 4 is 44.9 Å². The topological polar surface area (TPSA) is 54.5 Å². The van der Waals surface area contributed by atoms with Crippen LogP contribution >= 0.6 is 27.5 Å². The minimum absolute atomic E-state index is 0.140. The van der Waals surface area contributed by atoms with Gasteiger partial charge in [-0.15, -0.1) is 8.78 Å². The molecule has 0 spiro atoms. The molecule has 5 nitrogen and oxygen atoms in total. The van der Waals surface area contributed by atoms with Crippen LogP contribution in [0.5, 0.6) is 5.75 Å². The third-order valence-electron chi connectivity index (χ3n) is 3.86. The van der Waals surface area contributed by atoms with Crippen LogP contribution in [0.25, 0.3) is 0 Å². The molecular weight excluding hydrogens is 451 g/mol. The van der Waals surface area contributed by atoms with Crippen molar-refractivity contribution in [1.29, 1.82) is 0 Å². The smallest absolute Gasteiger partial charge is 0.420 e. The first-order valence-corrected chi connectivity index (χ1v) is 9.10. The monoisotopic (exact) mass is 463 g/mol. The van der Waals surface area contributed by atoms with Crippen molar-refractivity contribution in [2.45, 2.75) is 18.2 Å². The Morgan fingerprint density at radius 3 is 2.63 bits per heavy atom. The Bertz CT molecular complexity index is 833. The van der Waals surface area contributed by atoms with Crippen LogP contribution in [0.3, 0.4) is 0 Å². The van der Waals surface area contributed by atoms with Crippen molar-refractivity contribution in [3.8, 4) is 5.75 Å². The Morgan fingerprint density at radius 1 is 1.37 bits per heavy atom.